The molecule has 0 unspecified atom stereocenters. The van der Waals surface area contributed by atoms with Gasteiger partial charge in [-0.25, -0.2) is 4.39 Å². The topological polar surface area (TPSA) is 29.5 Å². The van der Waals surface area contributed by atoms with Gasteiger partial charge in [-0.1, -0.05) is 11.6 Å². The first-order chi connectivity index (χ1) is 8.02. The average molecular weight is 260 g/mol. The Bertz CT molecular complexity index is 398. The summed E-state index contributed by atoms with van der Waals surface area (Å²) in [6, 6.07) is 4.46. The van der Waals surface area contributed by atoms with E-state index in [4.69, 9.17) is 11.6 Å². The van der Waals surface area contributed by atoms with E-state index < -0.39 is 0 Å². The van der Waals surface area contributed by atoms with Crippen molar-refractivity contribution in [3.05, 3.63) is 34.6 Å². The Labute approximate surface area is 105 Å². The van der Waals surface area contributed by atoms with Crippen molar-refractivity contribution >= 4 is 17.6 Å². The molecule has 0 aliphatic rings. The smallest absolute Gasteiger partial charge is 0.319 e. The van der Waals surface area contributed by atoms with Crippen LogP contribution in [0.25, 0.3) is 0 Å². The van der Waals surface area contributed by atoms with Gasteiger partial charge < -0.3 is 4.74 Å². The number of ether oxygens (including phenoxy) is 1. The predicted molar refractivity (Wildman–Crippen MR) is 64.6 cm³/mol. The fourth-order valence-corrected chi connectivity index (χ4v) is 1.60. The van der Waals surface area contributed by atoms with Crippen LogP contribution >= 0.6 is 11.6 Å². The van der Waals surface area contributed by atoms with Crippen LogP contribution in [0.4, 0.5) is 4.39 Å². The lowest BCUT2D eigenvalue weighted by Crippen LogP contribution is -2.28. The van der Waals surface area contributed by atoms with Crippen molar-refractivity contribution in [2.75, 3.05) is 27.2 Å². The largest absolute Gasteiger partial charge is 0.468 e. The molecule has 0 radical (unpaired) electrons. The van der Waals surface area contributed by atoms with Gasteiger partial charge in [0.05, 0.1) is 13.7 Å². The molecule has 1 aromatic carbocycles. The Hall–Kier alpha value is -1.13. The van der Waals surface area contributed by atoms with Crippen LogP contribution < -0.4 is 0 Å². The molecule has 0 atom stereocenters. The van der Waals surface area contributed by atoms with Crippen LogP contribution in [0.3, 0.4) is 0 Å². The van der Waals surface area contributed by atoms with Gasteiger partial charge in [-0.3, -0.25) is 9.69 Å². The fourth-order valence-electron chi connectivity index (χ4n) is 1.41. The van der Waals surface area contributed by atoms with Crippen LogP contribution in [-0.2, 0) is 16.0 Å². The predicted octanol–water partition coefficient (Wildman–Crippen LogP) is 2.13. The van der Waals surface area contributed by atoms with Gasteiger partial charge in [-0.2, -0.15) is 0 Å². The number of methoxy groups -OCH3 is 1. The van der Waals surface area contributed by atoms with Crippen LogP contribution in [0.2, 0.25) is 5.02 Å². The molecule has 0 aromatic heterocycles. The van der Waals surface area contributed by atoms with Crippen LogP contribution in [0.1, 0.15) is 5.56 Å². The fraction of sp³-hybridized carbons (Fsp3) is 0.417. The highest BCUT2D eigenvalue weighted by Gasteiger charge is 2.08. The van der Waals surface area contributed by atoms with E-state index in [0.29, 0.717) is 23.6 Å². The third-order valence-corrected chi connectivity index (χ3v) is 2.63. The highest BCUT2D eigenvalue weighted by molar-refractivity contribution is 6.30. The number of carbonyl (C=O) groups excluding carboxylic acids is 1. The molecule has 0 fully saturated rings. The molecule has 0 aliphatic heterocycles. The van der Waals surface area contributed by atoms with E-state index in [1.165, 1.54) is 19.2 Å². The van der Waals surface area contributed by atoms with Crippen LogP contribution in [0.5, 0.6) is 0 Å². The highest BCUT2D eigenvalue weighted by Crippen LogP contribution is 2.15. The Balaban J connectivity index is 2.49. The van der Waals surface area contributed by atoms with Gasteiger partial charge in [-0.05, 0) is 37.2 Å². The van der Waals surface area contributed by atoms with Gasteiger partial charge in [0.15, 0.2) is 0 Å². The molecule has 0 saturated heterocycles. The van der Waals surface area contributed by atoms with Gasteiger partial charge in [0.25, 0.3) is 0 Å². The number of nitrogens with zero attached hydrogens (tertiary/aromatic N) is 1. The normalized spacial score (nSPS) is 10.6. The minimum absolute atomic E-state index is 0.193. The average Bonchev–Trinajstić information content (AvgIpc) is 2.30. The second kappa shape index (κ2) is 6.57. The molecule has 94 valence electrons. The van der Waals surface area contributed by atoms with Crippen molar-refractivity contribution in [1.29, 1.82) is 0 Å². The Morgan fingerprint density at radius 1 is 1.53 bits per heavy atom. The first kappa shape index (κ1) is 13.9. The molecule has 0 aliphatic carbocycles. The lowest BCUT2D eigenvalue weighted by molar-refractivity contribution is -0.141. The summed E-state index contributed by atoms with van der Waals surface area (Å²) in [5.74, 6) is -0.583. The minimum atomic E-state index is -0.306. The number of hydrogen-bond donors (Lipinski definition) is 0. The number of carbonyl (C=O) groups is 1. The second-order valence-electron chi connectivity index (χ2n) is 3.80. The van der Waals surface area contributed by atoms with Gasteiger partial charge >= 0.3 is 5.97 Å². The molecule has 0 bridgehead atoms. The van der Waals surface area contributed by atoms with E-state index in [0.717, 1.165) is 0 Å². The minimum Gasteiger partial charge on any atom is -0.468 e. The summed E-state index contributed by atoms with van der Waals surface area (Å²) >= 11 is 5.78. The summed E-state index contributed by atoms with van der Waals surface area (Å²) in [7, 11) is 3.12. The van der Waals surface area contributed by atoms with E-state index in [1.54, 1.807) is 18.0 Å². The van der Waals surface area contributed by atoms with Crippen molar-refractivity contribution in [3.63, 3.8) is 0 Å². The molecule has 1 rings (SSSR count). The molecule has 1 aromatic rings. The maximum absolute atomic E-state index is 13.4. The second-order valence-corrected chi connectivity index (χ2v) is 4.24. The summed E-state index contributed by atoms with van der Waals surface area (Å²) in [4.78, 5) is 12.8. The summed E-state index contributed by atoms with van der Waals surface area (Å²) in [6.45, 7) is 0.755. The summed E-state index contributed by atoms with van der Waals surface area (Å²) in [6.07, 6.45) is 0.500. The van der Waals surface area contributed by atoms with Gasteiger partial charge in [-0.15, -0.1) is 0 Å². The number of benzene rings is 1. The van der Waals surface area contributed by atoms with Crippen molar-refractivity contribution in [2.45, 2.75) is 6.42 Å². The van der Waals surface area contributed by atoms with Gasteiger partial charge in [0.1, 0.15) is 5.82 Å². The maximum atomic E-state index is 13.4. The van der Waals surface area contributed by atoms with Gasteiger partial charge in [0.2, 0.25) is 0 Å². The lowest BCUT2D eigenvalue weighted by Gasteiger charge is -2.15. The molecule has 0 heterocycles. The Morgan fingerprint density at radius 3 is 2.88 bits per heavy atom. The molecule has 17 heavy (non-hydrogen) atoms. The zero-order valence-electron chi connectivity index (χ0n) is 9.87. The van der Waals surface area contributed by atoms with Crippen molar-refractivity contribution < 1.29 is 13.9 Å². The van der Waals surface area contributed by atoms with Crippen molar-refractivity contribution in [2.24, 2.45) is 0 Å². The molecule has 5 heteroatoms. The molecule has 0 N–H and O–H groups in total. The molecule has 0 spiro atoms. The van der Waals surface area contributed by atoms with E-state index in [2.05, 4.69) is 4.74 Å². The van der Waals surface area contributed by atoms with Gasteiger partial charge in [0, 0.05) is 11.6 Å². The molecular weight excluding hydrogens is 245 g/mol. The summed E-state index contributed by atoms with van der Waals surface area (Å²) in [5, 5.41) is 0.511. The standard InChI is InChI=1S/C12H15ClFNO2/c1-15(8-12(16)17-2)6-5-9-7-10(13)3-4-11(9)14/h3-4,7H,5-6,8H2,1-2H3. The van der Waals surface area contributed by atoms with E-state index in [9.17, 15) is 9.18 Å². The van der Waals surface area contributed by atoms with E-state index in [-0.39, 0.29) is 18.3 Å². The zero-order valence-corrected chi connectivity index (χ0v) is 10.6. The summed E-state index contributed by atoms with van der Waals surface area (Å²) in [5.41, 5.74) is 0.550. The lowest BCUT2D eigenvalue weighted by atomic mass is 10.1. The van der Waals surface area contributed by atoms with E-state index >= 15 is 0 Å². The first-order valence-corrected chi connectivity index (χ1v) is 5.60. The quantitative estimate of drug-likeness (QED) is 0.759. The molecule has 0 amide bonds. The number of hydrogen-bond acceptors (Lipinski definition) is 3. The SMILES string of the molecule is COC(=O)CN(C)CCc1cc(Cl)ccc1F. The molecular formula is C12H15ClFNO2. The Kier molecular flexibility index (Phi) is 5.38. The van der Waals surface area contributed by atoms with Crippen molar-refractivity contribution in [1.82, 2.24) is 4.90 Å². The van der Waals surface area contributed by atoms with E-state index in [1.807, 2.05) is 0 Å². The number of rotatable bonds is 5. The zero-order chi connectivity index (χ0) is 12.8. The van der Waals surface area contributed by atoms with Crippen LogP contribution in [0, 0.1) is 5.82 Å². The van der Waals surface area contributed by atoms with Crippen LogP contribution in [0.15, 0.2) is 18.2 Å². The maximum Gasteiger partial charge on any atom is 0.319 e. The molecule has 0 saturated carbocycles. The monoisotopic (exact) mass is 259 g/mol. The third-order valence-electron chi connectivity index (χ3n) is 2.40. The summed E-state index contributed by atoms with van der Waals surface area (Å²) < 4.78 is 17.9. The number of halogens is 2. The Morgan fingerprint density at radius 2 is 2.24 bits per heavy atom. The first-order valence-electron chi connectivity index (χ1n) is 5.22. The molecule has 3 nitrogen and oxygen atoms in total. The number of esters is 1. The van der Waals surface area contributed by atoms with Crippen molar-refractivity contribution in [3.8, 4) is 0 Å². The third kappa shape index (κ3) is 4.71. The highest BCUT2D eigenvalue weighted by atomic mass is 35.5. The number of likely N-dealkylation sites (N-methyl/N-ethyl adjacent to an activating group) is 1. The van der Waals surface area contributed by atoms with Crippen LogP contribution in [-0.4, -0.2) is 38.1 Å².